The van der Waals surface area contributed by atoms with Crippen LogP contribution in [0.2, 0.25) is 0 Å². The number of benzene rings is 2. The second-order valence-corrected chi connectivity index (χ2v) is 8.20. The van der Waals surface area contributed by atoms with Gasteiger partial charge in [-0.15, -0.1) is 0 Å². The number of rotatable bonds is 5. The van der Waals surface area contributed by atoms with E-state index in [-0.39, 0.29) is 6.61 Å². The van der Waals surface area contributed by atoms with Crippen LogP contribution in [0, 0.1) is 20.8 Å². The Labute approximate surface area is 166 Å². The molecule has 0 aliphatic rings. The van der Waals surface area contributed by atoms with Crippen LogP contribution < -0.4 is 9.47 Å². The van der Waals surface area contributed by atoms with Crippen molar-refractivity contribution in [2.24, 2.45) is 0 Å². The molecule has 0 heterocycles. The van der Waals surface area contributed by atoms with Crippen molar-refractivity contribution < 1.29 is 14.3 Å². The number of halogens is 2. The van der Waals surface area contributed by atoms with E-state index in [9.17, 15) is 4.79 Å². The van der Waals surface area contributed by atoms with Crippen molar-refractivity contribution in [3.05, 3.63) is 55.5 Å². The molecule has 2 aromatic carbocycles. The van der Waals surface area contributed by atoms with Gasteiger partial charge >= 0.3 is 5.97 Å². The standard InChI is InChI=1S/C20H22Br2O3/c1-11(2)16-9-17(22)12(3)8-18(16)24-10-19(23)25-20-13(4)6-15(21)7-14(20)5/h6-9,11H,10H2,1-5H3. The molecule has 0 fully saturated rings. The highest BCUT2D eigenvalue weighted by atomic mass is 79.9. The van der Waals surface area contributed by atoms with Crippen molar-refractivity contribution in [1.82, 2.24) is 0 Å². The maximum absolute atomic E-state index is 12.2. The smallest absolute Gasteiger partial charge is 0.349 e. The second-order valence-electron chi connectivity index (χ2n) is 6.43. The van der Waals surface area contributed by atoms with Crippen LogP contribution in [0.5, 0.6) is 11.5 Å². The van der Waals surface area contributed by atoms with Crippen molar-refractivity contribution in [2.75, 3.05) is 6.61 Å². The molecule has 5 heteroatoms. The monoisotopic (exact) mass is 468 g/mol. The van der Waals surface area contributed by atoms with Crippen LogP contribution in [-0.4, -0.2) is 12.6 Å². The molecule has 0 radical (unpaired) electrons. The Morgan fingerprint density at radius 1 is 1.00 bits per heavy atom. The molecular weight excluding hydrogens is 448 g/mol. The van der Waals surface area contributed by atoms with Gasteiger partial charge in [0.05, 0.1) is 0 Å². The van der Waals surface area contributed by atoms with E-state index in [0.717, 1.165) is 36.9 Å². The first-order chi connectivity index (χ1) is 11.7. The van der Waals surface area contributed by atoms with Crippen LogP contribution in [0.15, 0.2) is 33.2 Å². The summed E-state index contributed by atoms with van der Waals surface area (Å²) in [5, 5.41) is 0. The third-order valence-electron chi connectivity index (χ3n) is 3.90. The zero-order valence-corrected chi connectivity index (χ0v) is 18.2. The fourth-order valence-corrected chi connectivity index (χ4v) is 3.63. The first kappa shape index (κ1) is 20.0. The molecule has 0 atom stereocenters. The Bertz CT molecular complexity index is 775. The highest BCUT2D eigenvalue weighted by Crippen LogP contribution is 2.32. The summed E-state index contributed by atoms with van der Waals surface area (Å²) >= 11 is 6.98. The van der Waals surface area contributed by atoms with Crippen molar-refractivity contribution in [1.29, 1.82) is 0 Å². The van der Waals surface area contributed by atoms with Gasteiger partial charge in [-0.25, -0.2) is 4.79 Å². The van der Waals surface area contributed by atoms with Gasteiger partial charge in [0.25, 0.3) is 0 Å². The van der Waals surface area contributed by atoms with Gasteiger partial charge in [0.1, 0.15) is 11.5 Å². The van der Waals surface area contributed by atoms with Gasteiger partial charge in [-0.05, 0) is 73.2 Å². The number of hydrogen-bond acceptors (Lipinski definition) is 3. The highest BCUT2D eigenvalue weighted by molar-refractivity contribution is 9.10. The van der Waals surface area contributed by atoms with Gasteiger partial charge in [0, 0.05) is 8.95 Å². The second kappa shape index (κ2) is 8.37. The van der Waals surface area contributed by atoms with E-state index in [4.69, 9.17) is 9.47 Å². The predicted octanol–water partition coefficient (Wildman–Crippen LogP) is 6.24. The fourth-order valence-electron chi connectivity index (χ4n) is 2.58. The Kier molecular flexibility index (Phi) is 6.69. The molecule has 2 rings (SSSR count). The van der Waals surface area contributed by atoms with Gasteiger partial charge in [-0.1, -0.05) is 45.7 Å². The van der Waals surface area contributed by atoms with Crippen molar-refractivity contribution in [3.63, 3.8) is 0 Å². The molecule has 0 bridgehead atoms. The molecule has 0 unspecified atom stereocenters. The number of aryl methyl sites for hydroxylation is 3. The lowest BCUT2D eigenvalue weighted by atomic mass is 10.0. The Hall–Kier alpha value is -1.33. The van der Waals surface area contributed by atoms with Crippen LogP contribution in [-0.2, 0) is 4.79 Å². The SMILES string of the molecule is Cc1cc(OCC(=O)Oc2c(C)cc(Br)cc2C)c(C(C)C)cc1Br. The molecule has 0 saturated carbocycles. The number of carbonyl (C=O) groups excluding carboxylic acids is 1. The summed E-state index contributed by atoms with van der Waals surface area (Å²) < 4.78 is 13.3. The van der Waals surface area contributed by atoms with Crippen LogP contribution in [0.3, 0.4) is 0 Å². The molecule has 0 N–H and O–H groups in total. The molecule has 0 aliphatic carbocycles. The zero-order chi connectivity index (χ0) is 18.7. The molecule has 0 saturated heterocycles. The minimum atomic E-state index is -0.413. The predicted molar refractivity (Wildman–Crippen MR) is 108 cm³/mol. The van der Waals surface area contributed by atoms with Crippen molar-refractivity contribution in [3.8, 4) is 11.5 Å². The highest BCUT2D eigenvalue weighted by Gasteiger charge is 2.15. The molecule has 2 aromatic rings. The molecule has 134 valence electrons. The van der Waals surface area contributed by atoms with Crippen LogP contribution in [0.4, 0.5) is 0 Å². The third kappa shape index (κ3) is 5.08. The first-order valence-electron chi connectivity index (χ1n) is 8.09. The number of carbonyl (C=O) groups is 1. The Balaban J connectivity index is 2.12. The lowest BCUT2D eigenvalue weighted by Crippen LogP contribution is -2.19. The number of ether oxygens (including phenoxy) is 2. The average Bonchev–Trinajstić information content (AvgIpc) is 2.51. The fraction of sp³-hybridized carbons (Fsp3) is 0.350. The molecular formula is C20H22Br2O3. The molecule has 25 heavy (non-hydrogen) atoms. The summed E-state index contributed by atoms with van der Waals surface area (Å²) in [5.41, 5.74) is 3.93. The number of esters is 1. The van der Waals surface area contributed by atoms with E-state index in [2.05, 4.69) is 45.7 Å². The average molecular weight is 470 g/mol. The topological polar surface area (TPSA) is 35.5 Å². The van der Waals surface area contributed by atoms with E-state index in [1.807, 2.05) is 45.0 Å². The van der Waals surface area contributed by atoms with E-state index >= 15 is 0 Å². The molecule has 0 aromatic heterocycles. The van der Waals surface area contributed by atoms with Gasteiger partial charge in [0.15, 0.2) is 6.61 Å². The Morgan fingerprint density at radius 3 is 2.16 bits per heavy atom. The van der Waals surface area contributed by atoms with Crippen LogP contribution >= 0.6 is 31.9 Å². The van der Waals surface area contributed by atoms with E-state index in [1.165, 1.54) is 0 Å². The summed E-state index contributed by atoms with van der Waals surface area (Å²) in [6.45, 7) is 9.88. The van der Waals surface area contributed by atoms with Crippen molar-refractivity contribution in [2.45, 2.75) is 40.5 Å². The van der Waals surface area contributed by atoms with Crippen LogP contribution in [0.1, 0.15) is 42.0 Å². The summed E-state index contributed by atoms with van der Waals surface area (Å²) in [6, 6.07) is 7.84. The van der Waals surface area contributed by atoms with E-state index in [1.54, 1.807) is 0 Å². The lowest BCUT2D eigenvalue weighted by Gasteiger charge is -2.16. The first-order valence-corrected chi connectivity index (χ1v) is 9.68. The minimum absolute atomic E-state index is 0.129. The minimum Gasteiger partial charge on any atom is -0.482 e. The number of hydrogen-bond donors (Lipinski definition) is 0. The molecule has 3 nitrogen and oxygen atoms in total. The zero-order valence-electron chi connectivity index (χ0n) is 15.1. The van der Waals surface area contributed by atoms with Gasteiger partial charge in [-0.3, -0.25) is 0 Å². The molecule has 0 aliphatic heterocycles. The quantitative estimate of drug-likeness (QED) is 0.383. The maximum atomic E-state index is 12.2. The van der Waals surface area contributed by atoms with E-state index < -0.39 is 5.97 Å². The molecule has 0 spiro atoms. The maximum Gasteiger partial charge on any atom is 0.349 e. The largest absolute Gasteiger partial charge is 0.482 e. The third-order valence-corrected chi connectivity index (χ3v) is 5.21. The van der Waals surface area contributed by atoms with Crippen LogP contribution in [0.25, 0.3) is 0 Å². The summed E-state index contributed by atoms with van der Waals surface area (Å²) in [6.07, 6.45) is 0. The van der Waals surface area contributed by atoms with E-state index in [0.29, 0.717) is 11.7 Å². The lowest BCUT2D eigenvalue weighted by molar-refractivity contribution is -0.136. The van der Waals surface area contributed by atoms with Crippen molar-refractivity contribution >= 4 is 37.8 Å². The van der Waals surface area contributed by atoms with Gasteiger partial charge in [0.2, 0.25) is 0 Å². The summed E-state index contributed by atoms with van der Waals surface area (Å²) in [4.78, 5) is 12.2. The normalized spacial score (nSPS) is 10.9. The van der Waals surface area contributed by atoms with Gasteiger partial charge < -0.3 is 9.47 Å². The summed E-state index contributed by atoms with van der Waals surface area (Å²) in [5.74, 6) is 1.19. The summed E-state index contributed by atoms with van der Waals surface area (Å²) in [7, 11) is 0. The Morgan fingerprint density at radius 2 is 1.60 bits per heavy atom. The van der Waals surface area contributed by atoms with Gasteiger partial charge in [-0.2, -0.15) is 0 Å². The molecule has 0 amide bonds.